The monoisotopic (exact) mass is 495 g/mol. The number of quaternary nitrogens is 1. The van der Waals surface area contributed by atoms with Crippen LogP contribution in [-0.4, -0.2) is 77.0 Å². The average molecular weight is 496 g/mol. The zero-order valence-corrected chi connectivity index (χ0v) is 21.1. The molecular weight excluding hydrogens is 462 g/mol. The van der Waals surface area contributed by atoms with Crippen molar-refractivity contribution < 1.29 is 36.5 Å². The summed E-state index contributed by atoms with van der Waals surface area (Å²) in [7, 11) is 3.45. The summed E-state index contributed by atoms with van der Waals surface area (Å²) in [6.45, 7) is 4.14. The number of aryl methyl sites for hydroxylation is 1. The van der Waals surface area contributed by atoms with Gasteiger partial charge >= 0.3 is 6.09 Å². The molecule has 34 heavy (non-hydrogen) atoms. The van der Waals surface area contributed by atoms with Gasteiger partial charge in [-0.1, -0.05) is 23.8 Å². The van der Waals surface area contributed by atoms with Gasteiger partial charge in [0.2, 0.25) is 5.91 Å². The lowest BCUT2D eigenvalue weighted by Gasteiger charge is -2.28. The van der Waals surface area contributed by atoms with Gasteiger partial charge in [0, 0.05) is 25.4 Å². The molecular formula is C23H33N3O7S. The van der Waals surface area contributed by atoms with Crippen LogP contribution in [0, 0.1) is 6.92 Å². The van der Waals surface area contributed by atoms with Crippen molar-refractivity contribution in [3.63, 3.8) is 0 Å². The fourth-order valence-corrected chi connectivity index (χ4v) is 3.18. The molecule has 11 heteroatoms. The van der Waals surface area contributed by atoms with E-state index in [0.29, 0.717) is 15.9 Å². The number of methoxy groups -OCH3 is 1. The van der Waals surface area contributed by atoms with Gasteiger partial charge in [-0.2, -0.15) is 0 Å². The van der Waals surface area contributed by atoms with Crippen LogP contribution in [0.15, 0.2) is 53.4 Å². The highest BCUT2D eigenvalue weighted by atomic mass is 32.2. The molecule has 1 unspecified atom stereocenters. The lowest BCUT2D eigenvalue weighted by atomic mass is 10.2. The number of hydrogen-bond donors (Lipinski definition) is 2. The van der Waals surface area contributed by atoms with E-state index in [1.165, 1.54) is 19.1 Å². The molecule has 2 aromatic carbocycles. The minimum atomic E-state index is -4.27. The number of nitrogens with zero attached hydrogens (tertiary/aromatic N) is 1. The van der Waals surface area contributed by atoms with Gasteiger partial charge in [-0.3, -0.25) is 10.1 Å². The second kappa shape index (κ2) is 13.0. The molecule has 0 saturated carbocycles. The normalized spacial score (nSPS) is 12.1. The van der Waals surface area contributed by atoms with Gasteiger partial charge in [0.25, 0.3) is 0 Å². The molecule has 0 spiro atoms. The molecule has 0 aliphatic carbocycles. The first-order valence-electron chi connectivity index (χ1n) is 10.4. The van der Waals surface area contributed by atoms with Crippen molar-refractivity contribution in [3.05, 3.63) is 54.1 Å². The Morgan fingerprint density at radius 2 is 1.59 bits per heavy atom. The predicted octanol–water partition coefficient (Wildman–Crippen LogP) is 2.81. The van der Waals surface area contributed by atoms with Crippen LogP contribution < -0.4 is 10.6 Å². The van der Waals surface area contributed by atoms with E-state index in [0.717, 1.165) is 12.1 Å². The van der Waals surface area contributed by atoms with E-state index in [-0.39, 0.29) is 23.5 Å². The Morgan fingerprint density at radius 3 is 2.06 bits per heavy atom. The van der Waals surface area contributed by atoms with Gasteiger partial charge in [0.15, 0.2) is 0 Å². The Labute approximate surface area is 201 Å². The molecule has 0 heterocycles. The highest BCUT2D eigenvalue weighted by Gasteiger charge is 2.19. The van der Waals surface area contributed by atoms with Crippen LogP contribution in [0.5, 0.6) is 0 Å². The molecule has 1 atom stereocenters. The lowest BCUT2D eigenvalue weighted by Crippen LogP contribution is -2.44. The standard InChI is InChI=1S/C16H25N3O4.C7H8O3S/c1-12(20)17-13-7-6-8-14(9-13)18-16(21)23-11-15(22-5)10-19(2,3)4;1-6-2-4-7(5-3-6)11(8,9)10/h6-9,15H,10-11H2,1-5H3,(H-,17,18,20,21);2-5H,1H3,(H,8,9,10). The number of carbonyl (C=O) groups is 2. The molecule has 2 rings (SSSR count). The summed E-state index contributed by atoms with van der Waals surface area (Å²) < 4.78 is 42.4. The number of carbonyl (C=O) groups excluding carboxylic acids is 2. The van der Waals surface area contributed by atoms with Gasteiger partial charge in [-0.15, -0.1) is 0 Å². The third-order valence-electron chi connectivity index (χ3n) is 4.22. The second-order valence-electron chi connectivity index (χ2n) is 8.58. The topological polar surface area (TPSA) is 134 Å². The van der Waals surface area contributed by atoms with Crippen LogP contribution in [0.2, 0.25) is 0 Å². The number of hydrogen-bond acceptors (Lipinski definition) is 7. The number of nitrogens with one attached hydrogen (secondary N) is 2. The SMILES string of the molecule is COC(COC(=O)Nc1cccc(NC(C)=O)c1)C[N+](C)(C)C.Cc1ccc(S(=O)(=O)[O-])cc1. The molecule has 0 aromatic heterocycles. The first-order chi connectivity index (χ1) is 15.7. The maximum atomic E-state index is 11.9. The summed E-state index contributed by atoms with van der Waals surface area (Å²) >= 11 is 0. The van der Waals surface area contributed by atoms with E-state index in [4.69, 9.17) is 9.47 Å². The van der Waals surface area contributed by atoms with Gasteiger partial charge < -0.3 is 23.8 Å². The Balaban J connectivity index is 0.000000437. The molecule has 0 aliphatic heterocycles. The van der Waals surface area contributed by atoms with Crippen LogP contribution in [0.4, 0.5) is 16.2 Å². The number of ether oxygens (including phenoxy) is 2. The van der Waals surface area contributed by atoms with Gasteiger partial charge in [-0.05, 0) is 37.3 Å². The van der Waals surface area contributed by atoms with E-state index in [1.54, 1.807) is 43.5 Å². The van der Waals surface area contributed by atoms with Gasteiger partial charge in [-0.25, -0.2) is 13.2 Å². The molecule has 0 aliphatic rings. The van der Waals surface area contributed by atoms with E-state index in [2.05, 4.69) is 10.6 Å². The molecule has 188 valence electrons. The van der Waals surface area contributed by atoms with Crippen LogP contribution in [0.3, 0.4) is 0 Å². The first kappa shape index (κ1) is 29.0. The smallest absolute Gasteiger partial charge is 0.411 e. The molecule has 0 bridgehead atoms. The summed E-state index contributed by atoms with van der Waals surface area (Å²) in [5, 5.41) is 5.28. The number of benzene rings is 2. The van der Waals surface area contributed by atoms with Crippen molar-refractivity contribution in [2.24, 2.45) is 0 Å². The molecule has 2 N–H and O–H groups in total. The van der Waals surface area contributed by atoms with Crippen LogP contribution in [-0.2, 0) is 24.4 Å². The molecule has 0 radical (unpaired) electrons. The zero-order chi connectivity index (χ0) is 25.9. The van der Waals surface area contributed by atoms with Crippen LogP contribution in [0.25, 0.3) is 0 Å². The van der Waals surface area contributed by atoms with Gasteiger partial charge in [0.05, 0.1) is 26.0 Å². The van der Waals surface area contributed by atoms with E-state index in [9.17, 15) is 22.6 Å². The second-order valence-corrected chi connectivity index (χ2v) is 9.96. The van der Waals surface area contributed by atoms with Crippen molar-refractivity contribution in [1.29, 1.82) is 0 Å². The molecule has 10 nitrogen and oxygen atoms in total. The van der Waals surface area contributed by atoms with Crippen molar-refractivity contribution in [1.82, 2.24) is 0 Å². The minimum Gasteiger partial charge on any atom is -0.744 e. The number of amides is 2. The summed E-state index contributed by atoms with van der Waals surface area (Å²) in [6, 6.07) is 12.6. The zero-order valence-electron chi connectivity index (χ0n) is 20.3. The van der Waals surface area contributed by atoms with Crippen molar-refractivity contribution >= 4 is 33.5 Å². The number of likely N-dealkylation sites (N-methyl/N-ethyl adjacent to an activating group) is 1. The Morgan fingerprint density at radius 1 is 1.03 bits per heavy atom. The van der Waals surface area contributed by atoms with Gasteiger partial charge in [0.1, 0.15) is 29.4 Å². The maximum Gasteiger partial charge on any atom is 0.411 e. The highest BCUT2D eigenvalue weighted by Crippen LogP contribution is 2.15. The fraction of sp³-hybridized carbons (Fsp3) is 0.391. The maximum absolute atomic E-state index is 11.9. The molecule has 0 fully saturated rings. The number of rotatable bonds is 8. The van der Waals surface area contributed by atoms with Crippen molar-refractivity contribution in [2.75, 3.05) is 52.0 Å². The summed E-state index contributed by atoms with van der Waals surface area (Å²) in [6.07, 6.45) is -0.736. The minimum absolute atomic E-state index is 0.170. The predicted molar refractivity (Wildman–Crippen MR) is 129 cm³/mol. The summed E-state index contributed by atoms with van der Waals surface area (Å²) in [5.74, 6) is -0.173. The molecule has 2 amide bonds. The highest BCUT2D eigenvalue weighted by molar-refractivity contribution is 7.85. The van der Waals surface area contributed by atoms with E-state index >= 15 is 0 Å². The van der Waals surface area contributed by atoms with Crippen LogP contribution >= 0.6 is 0 Å². The lowest BCUT2D eigenvalue weighted by molar-refractivity contribution is -0.873. The largest absolute Gasteiger partial charge is 0.744 e. The van der Waals surface area contributed by atoms with E-state index < -0.39 is 16.2 Å². The summed E-state index contributed by atoms with van der Waals surface area (Å²) in [5.41, 5.74) is 2.08. The fourth-order valence-electron chi connectivity index (χ4n) is 2.71. The van der Waals surface area contributed by atoms with Crippen molar-refractivity contribution in [3.8, 4) is 0 Å². The average Bonchev–Trinajstić information content (AvgIpc) is 2.70. The Kier molecular flexibility index (Phi) is 11.1. The Hall–Kier alpha value is -2.99. The third kappa shape index (κ3) is 12.3. The van der Waals surface area contributed by atoms with E-state index in [1.807, 2.05) is 28.1 Å². The summed E-state index contributed by atoms with van der Waals surface area (Å²) in [4.78, 5) is 22.7. The first-order valence-corrected chi connectivity index (χ1v) is 11.8. The Bertz CT molecular complexity index is 1050. The quantitative estimate of drug-likeness (QED) is 0.425. The molecule has 0 saturated heterocycles. The van der Waals surface area contributed by atoms with Crippen molar-refractivity contribution in [2.45, 2.75) is 24.8 Å². The number of anilines is 2. The third-order valence-corrected chi connectivity index (χ3v) is 5.07. The van der Waals surface area contributed by atoms with Crippen LogP contribution in [0.1, 0.15) is 12.5 Å². The molecule has 2 aromatic rings.